The van der Waals surface area contributed by atoms with Gasteiger partial charge in [0.05, 0.1) is 5.56 Å². The van der Waals surface area contributed by atoms with Gasteiger partial charge >= 0.3 is 0 Å². The fourth-order valence-electron chi connectivity index (χ4n) is 3.66. The minimum Gasteiger partial charge on any atom is -0.383 e. The van der Waals surface area contributed by atoms with Crippen LogP contribution in [0.1, 0.15) is 51.1 Å². The average Bonchev–Trinajstić information content (AvgIpc) is 2.67. The number of rotatable bonds is 6. The smallest absolute Gasteiger partial charge is 0.215 e. The second-order valence-electron chi connectivity index (χ2n) is 7.65. The van der Waals surface area contributed by atoms with E-state index in [1.807, 2.05) is 12.1 Å². The van der Waals surface area contributed by atoms with Crippen molar-refractivity contribution >= 4 is 17.4 Å². The largest absolute Gasteiger partial charge is 0.383 e. The number of nitrogens with two attached hydrogens (primary N) is 1. The van der Waals surface area contributed by atoms with E-state index in [0.717, 1.165) is 31.7 Å². The number of hydrogen-bond donors (Lipinski definition) is 2. The molecule has 3 N–H and O–H groups in total. The average molecular weight is 370 g/mol. The van der Waals surface area contributed by atoms with Crippen LogP contribution >= 0.6 is 0 Å². The fraction of sp³-hybridized carbons (Fsp3) is 0.476. The zero-order chi connectivity index (χ0) is 19.4. The molecule has 6 nitrogen and oxygen atoms in total. The van der Waals surface area contributed by atoms with Crippen molar-refractivity contribution in [3.63, 3.8) is 0 Å². The second-order valence-corrected chi connectivity index (χ2v) is 7.65. The number of anilines is 2. The zero-order valence-corrected chi connectivity index (χ0v) is 16.4. The van der Waals surface area contributed by atoms with Gasteiger partial charge in [-0.1, -0.05) is 26.8 Å². The Hall–Kier alpha value is -2.47. The van der Waals surface area contributed by atoms with Crippen LogP contribution in [0.4, 0.5) is 11.6 Å². The number of carbonyl (C=O) groups is 1. The zero-order valence-electron chi connectivity index (χ0n) is 16.4. The predicted molar refractivity (Wildman–Crippen MR) is 111 cm³/mol. The number of pyridine rings is 2. The number of nitrogens with zero attached hydrogens (tertiary/aromatic N) is 3. The maximum Gasteiger partial charge on any atom is 0.215 e. The molecule has 0 radical (unpaired) electrons. The first kappa shape index (κ1) is 19.3. The Bertz CT molecular complexity index is 798. The molecule has 1 fully saturated rings. The summed E-state index contributed by atoms with van der Waals surface area (Å²) in [5.74, 6) is 1.52. The standard InChI is InChI=1S/C21H29N5O.H2/c1-4-15-12-26(13-16(24-15)11-14(2)3)19-9-5-8-18(25-19)20(27)17-7-6-10-23-21(17)22;/h5-10,14-16,24H,4,11-13H2,1-3H3,(H2,22,23);1H/t15-,16-;/m0./s1. The van der Waals surface area contributed by atoms with Gasteiger partial charge in [0.25, 0.3) is 0 Å². The van der Waals surface area contributed by atoms with Crippen LogP contribution < -0.4 is 16.0 Å². The van der Waals surface area contributed by atoms with Crippen molar-refractivity contribution in [2.24, 2.45) is 5.92 Å². The van der Waals surface area contributed by atoms with Crippen molar-refractivity contribution in [2.75, 3.05) is 23.7 Å². The molecule has 3 heterocycles. The van der Waals surface area contributed by atoms with Crippen molar-refractivity contribution < 1.29 is 6.22 Å². The van der Waals surface area contributed by atoms with Crippen molar-refractivity contribution in [1.82, 2.24) is 15.3 Å². The van der Waals surface area contributed by atoms with Gasteiger partial charge in [-0.3, -0.25) is 4.79 Å². The minimum absolute atomic E-state index is 0. The Labute approximate surface area is 162 Å². The maximum atomic E-state index is 12.8. The summed E-state index contributed by atoms with van der Waals surface area (Å²) in [6.07, 6.45) is 3.77. The van der Waals surface area contributed by atoms with Crippen LogP contribution in [0.15, 0.2) is 36.5 Å². The quantitative estimate of drug-likeness (QED) is 0.761. The van der Waals surface area contributed by atoms with E-state index in [9.17, 15) is 4.79 Å². The number of aromatic nitrogens is 2. The molecule has 0 bridgehead atoms. The molecule has 2 atom stereocenters. The molecule has 146 valence electrons. The number of carbonyl (C=O) groups excluding carboxylic acids is 1. The molecule has 6 heteroatoms. The number of hydrogen-bond acceptors (Lipinski definition) is 6. The molecular formula is C21H31N5O. The van der Waals surface area contributed by atoms with Crippen molar-refractivity contribution in [1.29, 1.82) is 0 Å². The van der Waals surface area contributed by atoms with E-state index in [-0.39, 0.29) is 13.0 Å². The third-order valence-corrected chi connectivity index (χ3v) is 4.98. The molecular weight excluding hydrogens is 338 g/mol. The van der Waals surface area contributed by atoms with Crippen LogP contribution in [0, 0.1) is 5.92 Å². The fourth-order valence-corrected chi connectivity index (χ4v) is 3.66. The van der Waals surface area contributed by atoms with Crippen molar-refractivity contribution in [3.8, 4) is 0 Å². The molecule has 1 saturated heterocycles. The summed E-state index contributed by atoms with van der Waals surface area (Å²) in [6.45, 7) is 8.49. The topological polar surface area (TPSA) is 84.1 Å². The number of nitrogens with one attached hydrogen (secondary N) is 1. The molecule has 0 unspecified atom stereocenters. The molecule has 3 rings (SSSR count). The first-order valence-electron chi connectivity index (χ1n) is 9.71. The third kappa shape index (κ3) is 4.63. The van der Waals surface area contributed by atoms with Gasteiger partial charge in [0, 0.05) is 32.8 Å². The first-order valence-corrected chi connectivity index (χ1v) is 9.71. The Balaban J connectivity index is 0.00000280. The van der Waals surface area contributed by atoms with Gasteiger partial charge in [-0.2, -0.15) is 0 Å². The van der Waals surface area contributed by atoms with E-state index in [1.54, 1.807) is 24.4 Å². The van der Waals surface area contributed by atoms with E-state index < -0.39 is 0 Å². The van der Waals surface area contributed by atoms with Gasteiger partial charge in [-0.05, 0) is 43.0 Å². The molecule has 0 amide bonds. The molecule has 1 aliphatic rings. The molecule has 0 saturated carbocycles. The SMILES string of the molecule is CC[C@H]1CN(c2cccc(C(=O)c3cccnc3N)n2)C[C@H](CC(C)C)N1.[HH]. The van der Waals surface area contributed by atoms with Gasteiger partial charge in [0.2, 0.25) is 5.78 Å². The summed E-state index contributed by atoms with van der Waals surface area (Å²) in [5, 5.41) is 3.74. The lowest BCUT2D eigenvalue weighted by atomic mass is 9.99. The summed E-state index contributed by atoms with van der Waals surface area (Å²) in [5.41, 5.74) is 6.66. The van der Waals surface area contributed by atoms with Crippen LogP contribution in [0.25, 0.3) is 0 Å². The summed E-state index contributed by atoms with van der Waals surface area (Å²) in [7, 11) is 0. The van der Waals surface area contributed by atoms with E-state index >= 15 is 0 Å². The van der Waals surface area contributed by atoms with Crippen molar-refractivity contribution in [3.05, 3.63) is 47.8 Å². The predicted octanol–water partition coefficient (Wildman–Crippen LogP) is 3.14. The van der Waals surface area contributed by atoms with Gasteiger partial charge in [0.1, 0.15) is 17.3 Å². The number of nitrogen functional groups attached to an aromatic ring is 1. The minimum atomic E-state index is -0.191. The van der Waals surface area contributed by atoms with Crippen LogP contribution in [-0.4, -0.2) is 40.9 Å². The van der Waals surface area contributed by atoms with Crippen LogP contribution in [0.2, 0.25) is 0 Å². The van der Waals surface area contributed by atoms with Crippen LogP contribution in [0.3, 0.4) is 0 Å². The highest BCUT2D eigenvalue weighted by molar-refractivity contribution is 6.10. The maximum absolute atomic E-state index is 12.8. The Morgan fingerprint density at radius 3 is 2.78 bits per heavy atom. The van der Waals surface area contributed by atoms with Crippen LogP contribution in [0.5, 0.6) is 0 Å². The van der Waals surface area contributed by atoms with Crippen molar-refractivity contribution in [2.45, 2.75) is 45.7 Å². The first-order chi connectivity index (χ1) is 13.0. The van der Waals surface area contributed by atoms with E-state index in [4.69, 9.17) is 5.73 Å². The van der Waals surface area contributed by atoms with Crippen LogP contribution in [-0.2, 0) is 0 Å². The lowest BCUT2D eigenvalue weighted by Crippen LogP contribution is -2.57. The van der Waals surface area contributed by atoms with Gasteiger partial charge < -0.3 is 16.0 Å². The highest BCUT2D eigenvalue weighted by Crippen LogP contribution is 2.21. The van der Waals surface area contributed by atoms with Gasteiger partial charge in [-0.25, -0.2) is 9.97 Å². The molecule has 27 heavy (non-hydrogen) atoms. The van der Waals surface area contributed by atoms with E-state index in [0.29, 0.717) is 29.3 Å². The van der Waals surface area contributed by atoms with Gasteiger partial charge in [0.15, 0.2) is 0 Å². The lowest BCUT2D eigenvalue weighted by molar-refractivity contribution is 0.103. The molecule has 0 aliphatic carbocycles. The molecule has 2 aromatic heterocycles. The molecule has 2 aromatic rings. The molecule has 1 aliphatic heterocycles. The third-order valence-electron chi connectivity index (χ3n) is 4.98. The lowest BCUT2D eigenvalue weighted by Gasteiger charge is -2.40. The van der Waals surface area contributed by atoms with E-state index in [2.05, 4.69) is 41.0 Å². The molecule has 0 aromatic carbocycles. The summed E-state index contributed by atoms with van der Waals surface area (Å²) in [6, 6.07) is 9.87. The Kier molecular flexibility index (Phi) is 6.06. The molecule has 0 spiro atoms. The van der Waals surface area contributed by atoms with E-state index in [1.165, 1.54) is 0 Å². The monoisotopic (exact) mass is 369 g/mol. The summed E-state index contributed by atoms with van der Waals surface area (Å²) in [4.78, 5) is 23.8. The normalized spacial score (nSPS) is 20.1. The summed E-state index contributed by atoms with van der Waals surface area (Å²) >= 11 is 0. The Morgan fingerprint density at radius 1 is 1.30 bits per heavy atom. The Morgan fingerprint density at radius 2 is 2.07 bits per heavy atom. The summed E-state index contributed by atoms with van der Waals surface area (Å²) < 4.78 is 0. The second kappa shape index (κ2) is 8.48. The highest BCUT2D eigenvalue weighted by atomic mass is 16.1. The van der Waals surface area contributed by atoms with Gasteiger partial charge in [-0.15, -0.1) is 0 Å². The highest BCUT2D eigenvalue weighted by Gasteiger charge is 2.27. The number of ketones is 1. The number of piperazine rings is 1.